The summed E-state index contributed by atoms with van der Waals surface area (Å²) < 4.78 is 14.3. The largest absolute Gasteiger partial charge is 0.421 e. The van der Waals surface area contributed by atoms with Crippen molar-refractivity contribution in [1.29, 1.82) is 0 Å². The van der Waals surface area contributed by atoms with Gasteiger partial charge in [-0.25, -0.2) is 4.79 Å². The highest BCUT2D eigenvalue weighted by Gasteiger charge is 2.48. The molecule has 1 aromatic heterocycles. The minimum Gasteiger partial charge on any atom is -0.421 e. The molecule has 0 aliphatic carbocycles. The molecule has 2 heterocycles. The topological polar surface area (TPSA) is 95.9 Å². The fourth-order valence-electron chi connectivity index (χ4n) is 4.99. The van der Waals surface area contributed by atoms with E-state index in [9.17, 15) is 14.7 Å². The van der Waals surface area contributed by atoms with Gasteiger partial charge in [0.1, 0.15) is 17.3 Å². The molecule has 6 rings (SSSR count). The molecule has 8 nitrogen and oxygen atoms in total. The zero-order chi connectivity index (χ0) is 32.1. The van der Waals surface area contributed by atoms with E-state index in [4.69, 9.17) is 4.74 Å². The van der Waals surface area contributed by atoms with Crippen LogP contribution in [0.5, 0.6) is 0 Å². The Morgan fingerprint density at radius 2 is 1.44 bits per heavy atom. The van der Waals surface area contributed by atoms with Gasteiger partial charge >= 0.3 is 5.97 Å². The molecule has 10 heteroatoms. The number of benzene rings is 4. The van der Waals surface area contributed by atoms with Gasteiger partial charge in [0, 0.05) is 67.6 Å². The summed E-state index contributed by atoms with van der Waals surface area (Å²) in [5.74, 6) is -2.42. The van der Waals surface area contributed by atoms with E-state index < -0.39 is 11.8 Å². The lowest BCUT2D eigenvalue weighted by Crippen LogP contribution is -2.29. The van der Waals surface area contributed by atoms with E-state index >= 15 is 0 Å². The SMILES string of the molecule is CN(C)c1ccc(C=O)cc1.CSc1ccc(C2(O)OC(=O)C(c3ccc4nsnc4c3)=C2Cc2ccc(N(C)C)cc2)cc1. The van der Waals surface area contributed by atoms with Crippen molar-refractivity contribution in [3.63, 3.8) is 0 Å². The fourth-order valence-corrected chi connectivity index (χ4v) is 5.92. The van der Waals surface area contributed by atoms with Gasteiger partial charge in [-0.15, -0.1) is 11.8 Å². The zero-order valence-electron chi connectivity index (χ0n) is 25.7. The Hall–Kier alpha value is -4.51. The second-order valence-electron chi connectivity index (χ2n) is 10.9. The first-order valence-electron chi connectivity index (χ1n) is 14.2. The number of carbonyl (C=O) groups excluding carboxylic acids is 2. The molecule has 1 atom stereocenters. The molecule has 1 N–H and O–H groups in total. The van der Waals surface area contributed by atoms with Gasteiger partial charge in [-0.1, -0.05) is 30.3 Å². The average molecular weight is 639 g/mol. The summed E-state index contributed by atoms with van der Waals surface area (Å²) in [5.41, 5.74) is 7.38. The van der Waals surface area contributed by atoms with Crippen LogP contribution >= 0.6 is 23.5 Å². The number of cyclic esters (lactones) is 1. The lowest BCUT2D eigenvalue weighted by molar-refractivity contribution is -0.185. The van der Waals surface area contributed by atoms with Gasteiger partial charge in [0.2, 0.25) is 0 Å². The van der Waals surface area contributed by atoms with Crippen molar-refractivity contribution in [1.82, 2.24) is 8.75 Å². The predicted octanol–water partition coefficient (Wildman–Crippen LogP) is 6.44. The van der Waals surface area contributed by atoms with Gasteiger partial charge < -0.3 is 19.6 Å². The van der Waals surface area contributed by atoms with Crippen LogP contribution in [-0.4, -0.2) is 60.6 Å². The van der Waals surface area contributed by atoms with E-state index in [2.05, 4.69) is 8.75 Å². The molecular weight excluding hydrogens is 605 g/mol. The minimum absolute atomic E-state index is 0.350. The maximum Gasteiger partial charge on any atom is 0.342 e. The van der Waals surface area contributed by atoms with Crippen LogP contribution in [-0.2, 0) is 21.7 Å². The third kappa shape index (κ3) is 6.93. The summed E-state index contributed by atoms with van der Waals surface area (Å²) in [6.07, 6.45) is 3.19. The van der Waals surface area contributed by atoms with Crippen molar-refractivity contribution >= 4 is 63.7 Å². The third-order valence-electron chi connectivity index (χ3n) is 7.56. The van der Waals surface area contributed by atoms with Crippen LogP contribution in [0.3, 0.4) is 0 Å². The third-order valence-corrected chi connectivity index (χ3v) is 8.86. The Bertz CT molecular complexity index is 1830. The van der Waals surface area contributed by atoms with E-state index in [1.165, 1.54) is 0 Å². The number of thioether (sulfide) groups is 1. The number of carbonyl (C=O) groups is 2. The predicted molar refractivity (Wildman–Crippen MR) is 183 cm³/mol. The average Bonchev–Trinajstić information content (AvgIpc) is 3.62. The number of rotatable bonds is 8. The Kier molecular flexibility index (Phi) is 9.67. The van der Waals surface area contributed by atoms with Gasteiger partial charge in [0.25, 0.3) is 5.79 Å². The van der Waals surface area contributed by atoms with E-state index in [1.54, 1.807) is 11.8 Å². The van der Waals surface area contributed by atoms with Crippen LogP contribution in [0.4, 0.5) is 11.4 Å². The van der Waals surface area contributed by atoms with Gasteiger partial charge in [-0.05, 0) is 78.0 Å². The summed E-state index contributed by atoms with van der Waals surface area (Å²) >= 11 is 2.73. The highest BCUT2D eigenvalue weighted by Crippen LogP contribution is 2.45. The Morgan fingerprint density at radius 1 is 0.844 bits per heavy atom. The van der Waals surface area contributed by atoms with Gasteiger partial charge in [-0.2, -0.15) is 8.75 Å². The Balaban J connectivity index is 0.000000309. The number of nitrogens with zero attached hydrogens (tertiary/aromatic N) is 4. The van der Waals surface area contributed by atoms with Gasteiger partial charge in [0.05, 0.1) is 17.3 Å². The summed E-state index contributed by atoms with van der Waals surface area (Å²) in [6, 6.07) is 28.5. The highest BCUT2D eigenvalue weighted by molar-refractivity contribution is 7.98. The van der Waals surface area contributed by atoms with Gasteiger partial charge in [-0.3, -0.25) is 4.79 Å². The number of aliphatic hydroxyl groups is 1. The quantitative estimate of drug-likeness (QED) is 0.117. The summed E-state index contributed by atoms with van der Waals surface area (Å²) in [4.78, 5) is 28.6. The number of ether oxygens (including phenoxy) is 1. The molecule has 5 aromatic rings. The number of aromatic nitrogens is 2. The van der Waals surface area contributed by atoms with Crippen LogP contribution in [0.1, 0.15) is 27.0 Å². The molecule has 0 amide bonds. The standard InChI is InChI=1S/C26H23N3O3S2.C9H11NO/c1-29(2)19-9-4-16(5-10-19)14-21-24(17-6-13-22-23(15-17)28-34-27-22)25(30)32-26(21,31)18-7-11-20(33-3)12-8-18;1-10(2)9-5-3-8(7-11)4-6-9/h4-13,15,31H,14H2,1-3H3;3-7H,1-2H3. The lowest BCUT2D eigenvalue weighted by Gasteiger charge is -2.26. The van der Waals surface area contributed by atoms with Crippen molar-refractivity contribution in [2.45, 2.75) is 17.1 Å². The molecule has 0 radical (unpaired) electrons. The molecule has 1 unspecified atom stereocenters. The fraction of sp³-hybridized carbons (Fsp3) is 0.200. The number of esters is 1. The molecule has 0 bridgehead atoms. The van der Waals surface area contributed by atoms with Crippen LogP contribution in [0.15, 0.2) is 101 Å². The first-order valence-corrected chi connectivity index (χ1v) is 16.1. The molecule has 45 heavy (non-hydrogen) atoms. The minimum atomic E-state index is -1.86. The number of hydrogen-bond donors (Lipinski definition) is 1. The second-order valence-corrected chi connectivity index (χ2v) is 12.3. The lowest BCUT2D eigenvalue weighted by atomic mass is 9.88. The van der Waals surface area contributed by atoms with Crippen LogP contribution in [0.25, 0.3) is 16.6 Å². The second kappa shape index (κ2) is 13.6. The monoisotopic (exact) mass is 638 g/mol. The van der Waals surface area contributed by atoms with Crippen molar-refractivity contribution in [2.24, 2.45) is 0 Å². The number of anilines is 2. The Labute approximate surface area is 271 Å². The first kappa shape index (κ1) is 31.9. The maximum absolute atomic E-state index is 13.2. The van der Waals surface area contributed by atoms with E-state index in [-0.39, 0.29) is 0 Å². The highest BCUT2D eigenvalue weighted by atomic mass is 32.2. The van der Waals surface area contributed by atoms with Crippen LogP contribution in [0.2, 0.25) is 0 Å². The van der Waals surface area contributed by atoms with Crippen molar-refractivity contribution in [3.8, 4) is 0 Å². The number of fused-ring (bicyclic) bond motifs is 1. The summed E-state index contributed by atoms with van der Waals surface area (Å²) in [7, 11) is 7.91. The first-order chi connectivity index (χ1) is 21.6. The molecule has 0 saturated heterocycles. The van der Waals surface area contributed by atoms with Crippen LogP contribution in [0, 0.1) is 0 Å². The summed E-state index contributed by atoms with van der Waals surface area (Å²) in [5, 5.41) is 11.8. The number of hydrogen-bond acceptors (Lipinski definition) is 10. The molecule has 0 spiro atoms. The summed E-state index contributed by atoms with van der Waals surface area (Å²) in [6.45, 7) is 0. The van der Waals surface area contributed by atoms with Crippen molar-refractivity contribution < 1.29 is 19.4 Å². The van der Waals surface area contributed by atoms with Crippen LogP contribution < -0.4 is 9.80 Å². The van der Waals surface area contributed by atoms with Gasteiger partial charge in [0.15, 0.2) is 0 Å². The van der Waals surface area contributed by atoms with E-state index in [0.29, 0.717) is 34.2 Å². The zero-order valence-corrected chi connectivity index (χ0v) is 27.4. The molecule has 1 aliphatic rings. The normalized spacial score (nSPS) is 15.8. The van der Waals surface area contributed by atoms with E-state index in [0.717, 1.165) is 50.9 Å². The maximum atomic E-state index is 13.2. The molecule has 0 saturated carbocycles. The Morgan fingerprint density at radius 3 is 2.02 bits per heavy atom. The molecule has 230 valence electrons. The van der Waals surface area contributed by atoms with E-state index in [1.807, 2.05) is 135 Å². The molecule has 4 aromatic carbocycles. The van der Waals surface area contributed by atoms with Crippen molar-refractivity contribution in [3.05, 3.63) is 119 Å². The van der Waals surface area contributed by atoms with Crippen molar-refractivity contribution in [2.75, 3.05) is 44.2 Å². The molecular formula is C35H34N4O4S2. The molecule has 1 aliphatic heterocycles. The molecule has 0 fully saturated rings. The number of aldehydes is 1. The smallest absolute Gasteiger partial charge is 0.342 e.